The van der Waals surface area contributed by atoms with Crippen LogP contribution in [0.15, 0.2) is 30.6 Å². The van der Waals surface area contributed by atoms with Crippen LogP contribution in [0.3, 0.4) is 0 Å². The maximum Gasteiger partial charge on any atom is 0.140 e. The maximum absolute atomic E-state index is 4.57. The number of para-hydroxylation sites is 1. The highest BCUT2D eigenvalue weighted by Gasteiger charge is 2.29. The number of nitrogens with zero attached hydrogens (tertiary/aromatic N) is 3. The van der Waals surface area contributed by atoms with Crippen LogP contribution >= 0.6 is 0 Å². The van der Waals surface area contributed by atoms with Crippen LogP contribution in [0.2, 0.25) is 0 Å². The van der Waals surface area contributed by atoms with Crippen molar-refractivity contribution in [3.05, 3.63) is 30.6 Å². The maximum atomic E-state index is 4.57. The fourth-order valence-corrected chi connectivity index (χ4v) is 3.14. The standard InChI is InChI=1S/C16H20N4/c1-2-6-15-14(5-1)16(19-11-18-15)20-9-3-4-13(20)10-17-12-7-8-12/h1-2,5-6,11-13,17H,3-4,7-10H2. The third kappa shape index (κ3) is 2.24. The Labute approximate surface area is 119 Å². The first-order chi connectivity index (χ1) is 9.92. The normalized spacial score (nSPS) is 22.6. The van der Waals surface area contributed by atoms with Crippen LogP contribution in [-0.2, 0) is 0 Å². The molecular weight excluding hydrogens is 248 g/mol. The van der Waals surface area contributed by atoms with Crippen LogP contribution in [0.25, 0.3) is 10.9 Å². The Hall–Kier alpha value is -1.68. The quantitative estimate of drug-likeness (QED) is 0.924. The van der Waals surface area contributed by atoms with E-state index in [4.69, 9.17) is 0 Å². The predicted molar refractivity (Wildman–Crippen MR) is 80.9 cm³/mol. The number of fused-ring (bicyclic) bond motifs is 1. The van der Waals surface area contributed by atoms with E-state index >= 15 is 0 Å². The van der Waals surface area contributed by atoms with Crippen molar-refractivity contribution < 1.29 is 0 Å². The topological polar surface area (TPSA) is 41.0 Å². The number of benzene rings is 1. The highest BCUT2D eigenvalue weighted by Crippen LogP contribution is 2.29. The van der Waals surface area contributed by atoms with Gasteiger partial charge in [0.05, 0.1) is 5.52 Å². The molecule has 1 saturated carbocycles. The molecule has 2 heterocycles. The van der Waals surface area contributed by atoms with Gasteiger partial charge in [-0.3, -0.25) is 0 Å². The molecule has 0 bridgehead atoms. The van der Waals surface area contributed by atoms with Crippen LogP contribution < -0.4 is 10.2 Å². The van der Waals surface area contributed by atoms with Crippen molar-refractivity contribution in [2.75, 3.05) is 18.0 Å². The fourth-order valence-electron chi connectivity index (χ4n) is 3.14. The van der Waals surface area contributed by atoms with Gasteiger partial charge in [0, 0.05) is 30.6 Å². The highest BCUT2D eigenvalue weighted by atomic mass is 15.2. The van der Waals surface area contributed by atoms with Crippen molar-refractivity contribution in [3.8, 4) is 0 Å². The van der Waals surface area contributed by atoms with Gasteiger partial charge in [-0.05, 0) is 37.8 Å². The number of rotatable bonds is 4. The third-order valence-corrected chi connectivity index (χ3v) is 4.39. The largest absolute Gasteiger partial charge is 0.352 e. The van der Waals surface area contributed by atoms with Gasteiger partial charge in [-0.2, -0.15) is 0 Å². The molecule has 104 valence electrons. The second-order valence-corrected chi connectivity index (χ2v) is 5.89. The lowest BCUT2D eigenvalue weighted by Gasteiger charge is -2.27. The third-order valence-electron chi connectivity index (χ3n) is 4.39. The number of anilines is 1. The smallest absolute Gasteiger partial charge is 0.140 e. The Morgan fingerprint density at radius 2 is 2.05 bits per heavy atom. The Balaban J connectivity index is 1.63. The van der Waals surface area contributed by atoms with E-state index in [0.717, 1.165) is 30.5 Å². The first-order valence-electron chi connectivity index (χ1n) is 7.61. The summed E-state index contributed by atoms with van der Waals surface area (Å²) in [4.78, 5) is 11.4. The number of hydrogen-bond acceptors (Lipinski definition) is 4. The average molecular weight is 268 g/mol. The molecule has 2 fully saturated rings. The molecule has 1 aromatic carbocycles. The molecule has 1 saturated heterocycles. The fraction of sp³-hybridized carbons (Fsp3) is 0.500. The Bertz CT molecular complexity index is 603. The summed E-state index contributed by atoms with van der Waals surface area (Å²) >= 11 is 0. The van der Waals surface area contributed by atoms with E-state index in [1.54, 1.807) is 6.33 Å². The number of hydrogen-bond donors (Lipinski definition) is 1. The first-order valence-corrected chi connectivity index (χ1v) is 7.61. The second kappa shape index (κ2) is 5.02. The summed E-state index contributed by atoms with van der Waals surface area (Å²) in [5.41, 5.74) is 1.04. The second-order valence-electron chi connectivity index (χ2n) is 5.89. The molecule has 1 N–H and O–H groups in total. The molecule has 0 radical (unpaired) electrons. The van der Waals surface area contributed by atoms with Gasteiger partial charge in [-0.15, -0.1) is 0 Å². The molecule has 1 atom stereocenters. The van der Waals surface area contributed by atoms with E-state index in [9.17, 15) is 0 Å². The summed E-state index contributed by atoms with van der Waals surface area (Å²) < 4.78 is 0. The SMILES string of the molecule is c1ccc2c(N3CCCC3CNC3CC3)ncnc2c1. The molecule has 20 heavy (non-hydrogen) atoms. The summed E-state index contributed by atoms with van der Waals surface area (Å²) in [6, 6.07) is 9.66. The van der Waals surface area contributed by atoms with E-state index < -0.39 is 0 Å². The van der Waals surface area contributed by atoms with E-state index in [1.807, 2.05) is 6.07 Å². The molecule has 1 aliphatic carbocycles. The van der Waals surface area contributed by atoms with Gasteiger partial charge in [-0.1, -0.05) is 12.1 Å². The molecule has 1 unspecified atom stereocenters. The van der Waals surface area contributed by atoms with Crippen LogP contribution in [0, 0.1) is 0 Å². The van der Waals surface area contributed by atoms with E-state index in [2.05, 4.69) is 38.4 Å². The molecular formula is C16H20N4. The predicted octanol–water partition coefficient (Wildman–Crippen LogP) is 2.35. The van der Waals surface area contributed by atoms with Crippen LogP contribution in [0.5, 0.6) is 0 Å². The minimum absolute atomic E-state index is 0.578. The van der Waals surface area contributed by atoms with Crippen molar-refractivity contribution in [2.24, 2.45) is 0 Å². The van der Waals surface area contributed by atoms with Gasteiger partial charge in [0.1, 0.15) is 12.1 Å². The van der Waals surface area contributed by atoms with Crippen LogP contribution in [0.4, 0.5) is 5.82 Å². The lowest BCUT2D eigenvalue weighted by Crippen LogP contribution is -2.39. The zero-order valence-corrected chi connectivity index (χ0v) is 11.6. The monoisotopic (exact) mass is 268 g/mol. The Morgan fingerprint density at radius 3 is 2.95 bits per heavy atom. The molecule has 4 nitrogen and oxygen atoms in total. The van der Waals surface area contributed by atoms with Gasteiger partial charge in [-0.25, -0.2) is 9.97 Å². The van der Waals surface area contributed by atoms with Gasteiger partial charge in [0.25, 0.3) is 0 Å². The Morgan fingerprint density at radius 1 is 1.15 bits per heavy atom. The van der Waals surface area contributed by atoms with Gasteiger partial charge >= 0.3 is 0 Å². The van der Waals surface area contributed by atoms with Crippen molar-refractivity contribution in [1.29, 1.82) is 0 Å². The summed E-state index contributed by atoms with van der Waals surface area (Å²) in [5.74, 6) is 1.11. The van der Waals surface area contributed by atoms with E-state index in [1.165, 1.54) is 31.1 Å². The van der Waals surface area contributed by atoms with Gasteiger partial charge in [0.2, 0.25) is 0 Å². The minimum atomic E-state index is 0.578. The zero-order chi connectivity index (χ0) is 13.4. The van der Waals surface area contributed by atoms with Crippen molar-refractivity contribution >= 4 is 16.7 Å². The van der Waals surface area contributed by atoms with Crippen molar-refractivity contribution in [2.45, 2.75) is 37.8 Å². The highest BCUT2D eigenvalue weighted by molar-refractivity contribution is 5.89. The molecule has 4 heteroatoms. The minimum Gasteiger partial charge on any atom is -0.352 e. The molecule has 2 aliphatic rings. The van der Waals surface area contributed by atoms with E-state index in [-0.39, 0.29) is 0 Å². The summed E-state index contributed by atoms with van der Waals surface area (Å²) in [5, 5.41) is 4.84. The van der Waals surface area contributed by atoms with Crippen molar-refractivity contribution in [1.82, 2.24) is 15.3 Å². The lowest BCUT2D eigenvalue weighted by atomic mass is 10.2. The number of nitrogens with one attached hydrogen (secondary N) is 1. The molecule has 0 spiro atoms. The molecule has 2 aromatic rings. The molecule has 1 aromatic heterocycles. The molecule has 1 aliphatic heterocycles. The first kappa shape index (κ1) is 12.1. The lowest BCUT2D eigenvalue weighted by molar-refractivity contribution is 0.569. The van der Waals surface area contributed by atoms with Gasteiger partial charge in [0.15, 0.2) is 0 Å². The van der Waals surface area contributed by atoms with Crippen LogP contribution in [0.1, 0.15) is 25.7 Å². The summed E-state index contributed by atoms with van der Waals surface area (Å²) in [6.45, 7) is 2.20. The van der Waals surface area contributed by atoms with Gasteiger partial charge < -0.3 is 10.2 Å². The summed E-state index contributed by atoms with van der Waals surface area (Å²) in [7, 11) is 0. The Kier molecular flexibility index (Phi) is 3.03. The molecule has 4 rings (SSSR count). The van der Waals surface area contributed by atoms with Crippen molar-refractivity contribution in [3.63, 3.8) is 0 Å². The summed E-state index contributed by atoms with van der Waals surface area (Å²) in [6.07, 6.45) is 6.92. The number of aromatic nitrogens is 2. The average Bonchev–Trinajstić information content (AvgIpc) is 3.21. The molecule has 0 amide bonds. The zero-order valence-electron chi connectivity index (χ0n) is 11.6. The van der Waals surface area contributed by atoms with Crippen LogP contribution in [-0.4, -0.2) is 35.1 Å². The van der Waals surface area contributed by atoms with E-state index in [0.29, 0.717) is 6.04 Å².